The predicted molar refractivity (Wildman–Crippen MR) is 168 cm³/mol. The SMILES string of the molecule is CC1=C[C@H](O)[C@@H](CO[Si](C(C)C)(C(C)C)C(C)C)O[C@H]1[C@@H](CO[Si](C)(C)C(C)(C)C)O[C@@H](C)c1ccccc1. The quantitative estimate of drug-likeness (QED) is 0.188. The molecular weight excluding hydrogens is 521 g/mol. The maximum Gasteiger partial charge on any atom is 0.200 e. The van der Waals surface area contributed by atoms with Crippen molar-refractivity contribution in [2.75, 3.05) is 13.2 Å². The molecule has 0 spiro atoms. The molecular formula is C32H58O5Si2. The molecule has 0 fully saturated rings. The van der Waals surface area contributed by atoms with Gasteiger partial charge in [0.1, 0.15) is 24.4 Å². The molecule has 1 aromatic carbocycles. The first-order valence-electron chi connectivity index (χ1n) is 14.9. The zero-order chi connectivity index (χ0) is 29.8. The molecule has 0 unspecified atom stereocenters. The van der Waals surface area contributed by atoms with Gasteiger partial charge in [0.2, 0.25) is 0 Å². The number of hydrogen-bond donors (Lipinski definition) is 1. The number of aliphatic hydroxyl groups excluding tert-OH is 1. The highest BCUT2D eigenvalue weighted by Gasteiger charge is 2.47. The fourth-order valence-electron chi connectivity index (χ4n) is 5.86. The molecule has 1 aliphatic rings. The molecule has 39 heavy (non-hydrogen) atoms. The first-order chi connectivity index (χ1) is 17.9. The second-order valence-corrected chi connectivity index (χ2v) is 24.2. The lowest BCUT2D eigenvalue weighted by atomic mass is 9.98. The number of hydrogen-bond acceptors (Lipinski definition) is 5. The minimum absolute atomic E-state index is 0.0893. The van der Waals surface area contributed by atoms with Gasteiger partial charge in [0, 0.05) is 0 Å². The number of aliphatic hydroxyl groups is 1. The summed E-state index contributed by atoms with van der Waals surface area (Å²) in [7, 11) is -4.12. The summed E-state index contributed by atoms with van der Waals surface area (Å²) >= 11 is 0. The van der Waals surface area contributed by atoms with Gasteiger partial charge in [-0.05, 0) is 59.7 Å². The van der Waals surface area contributed by atoms with Gasteiger partial charge in [-0.1, -0.05) is 98.7 Å². The van der Waals surface area contributed by atoms with Crippen molar-refractivity contribution in [2.45, 2.75) is 141 Å². The van der Waals surface area contributed by atoms with Crippen molar-refractivity contribution in [2.24, 2.45) is 0 Å². The third-order valence-corrected chi connectivity index (χ3v) is 19.8. The van der Waals surface area contributed by atoms with E-state index in [1.165, 1.54) is 0 Å². The maximum absolute atomic E-state index is 11.0. The van der Waals surface area contributed by atoms with Gasteiger partial charge < -0.3 is 23.4 Å². The van der Waals surface area contributed by atoms with Crippen LogP contribution in [0.3, 0.4) is 0 Å². The molecule has 1 N–H and O–H groups in total. The van der Waals surface area contributed by atoms with E-state index in [-0.39, 0.29) is 23.4 Å². The maximum atomic E-state index is 11.0. The van der Waals surface area contributed by atoms with Crippen LogP contribution in [-0.4, -0.2) is 59.4 Å². The second-order valence-electron chi connectivity index (χ2n) is 13.9. The highest BCUT2D eigenvalue weighted by Crippen LogP contribution is 2.43. The molecule has 5 nitrogen and oxygen atoms in total. The van der Waals surface area contributed by atoms with Crippen LogP contribution in [0.2, 0.25) is 34.8 Å². The van der Waals surface area contributed by atoms with Crippen LogP contribution in [0, 0.1) is 0 Å². The third kappa shape index (κ3) is 8.37. The lowest BCUT2D eigenvalue weighted by Crippen LogP contribution is -2.53. The van der Waals surface area contributed by atoms with E-state index < -0.39 is 28.8 Å². The second kappa shape index (κ2) is 13.9. The summed E-state index contributed by atoms with van der Waals surface area (Å²) in [5, 5.41) is 11.1. The highest BCUT2D eigenvalue weighted by atomic mass is 28.4. The standard InChI is InChI=1S/C32H58O5Si2/c1-22(2)39(23(3)4,24(5)6)35-20-29-28(33)19-25(7)31(37-29)30(21-34-38(12,13)32(9,10)11)36-26(8)27-17-15-14-16-18-27/h14-19,22-24,26,28-31,33H,20-21H2,1-13H3/t26-,28-,29+,30+,31+/m0/s1. The van der Waals surface area contributed by atoms with Gasteiger partial charge in [0.25, 0.3) is 0 Å². The Balaban J connectivity index is 2.33. The van der Waals surface area contributed by atoms with Crippen molar-refractivity contribution >= 4 is 16.6 Å². The van der Waals surface area contributed by atoms with Gasteiger partial charge in [-0.3, -0.25) is 0 Å². The zero-order valence-corrected chi connectivity index (χ0v) is 29.1. The Morgan fingerprint density at radius 1 is 0.897 bits per heavy atom. The number of rotatable bonds is 13. The summed E-state index contributed by atoms with van der Waals surface area (Å²) in [5.74, 6) is 0. The van der Waals surface area contributed by atoms with Gasteiger partial charge in [-0.2, -0.15) is 0 Å². The molecule has 2 rings (SSSR count). The van der Waals surface area contributed by atoms with Gasteiger partial charge in [0.05, 0.1) is 19.3 Å². The average Bonchev–Trinajstić information content (AvgIpc) is 2.82. The Bertz CT molecular complexity index is 885. The van der Waals surface area contributed by atoms with Crippen molar-refractivity contribution in [3.63, 3.8) is 0 Å². The molecule has 224 valence electrons. The largest absolute Gasteiger partial charge is 0.414 e. The van der Waals surface area contributed by atoms with Crippen LogP contribution in [0.15, 0.2) is 42.0 Å². The summed E-state index contributed by atoms with van der Waals surface area (Å²) in [6.07, 6.45) is -0.00336. The molecule has 0 bridgehead atoms. The van der Waals surface area contributed by atoms with Gasteiger partial charge in [0.15, 0.2) is 16.6 Å². The van der Waals surface area contributed by atoms with E-state index in [1.807, 2.05) is 31.2 Å². The van der Waals surface area contributed by atoms with Crippen molar-refractivity contribution in [3.05, 3.63) is 47.5 Å². The zero-order valence-electron chi connectivity index (χ0n) is 27.1. The van der Waals surface area contributed by atoms with Crippen molar-refractivity contribution in [3.8, 4) is 0 Å². The van der Waals surface area contributed by atoms with Crippen LogP contribution >= 0.6 is 0 Å². The van der Waals surface area contributed by atoms with Gasteiger partial charge in [-0.25, -0.2) is 0 Å². The minimum atomic E-state index is -2.10. The molecule has 0 aliphatic carbocycles. The minimum Gasteiger partial charge on any atom is -0.414 e. The van der Waals surface area contributed by atoms with E-state index in [2.05, 4.69) is 94.5 Å². The summed E-state index contributed by atoms with van der Waals surface area (Å²) in [6, 6.07) is 10.3. The highest BCUT2D eigenvalue weighted by molar-refractivity contribution is 6.77. The van der Waals surface area contributed by atoms with E-state index in [4.69, 9.17) is 18.3 Å². The Hall–Kier alpha value is -0.806. The van der Waals surface area contributed by atoms with Crippen molar-refractivity contribution < 1.29 is 23.4 Å². The van der Waals surface area contributed by atoms with E-state index in [0.29, 0.717) is 29.8 Å². The fraction of sp³-hybridized carbons (Fsp3) is 0.750. The Kier molecular flexibility index (Phi) is 12.3. The van der Waals surface area contributed by atoms with Crippen LogP contribution in [0.1, 0.15) is 87.8 Å². The molecule has 0 saturated carbocycles. The summed E-state index contributed by atoms with van der Waals surface area (Å²) in [4.78, 5) is 0. The molecule has 0 saturated heterocycles. The summed E-state index contributed by atoms with van der Waals surface area (Å²) in [6.45, 7) is 29.9. The van der Waals surface area contributed by atoms with E-state index in [9.17, 15) is 5.11 Å². The number of benzene rings is 1. The molecule has 7 heteroatoms. The van der Waals surface area contributed by atoms with Crippen molar-refractivity contribution in [1.29, 1.82) is 0 Å². The lowest BCUT2D eigenvalue weighted by molar-refractivity contribution is -0.151. The van der Waals surface area contributed by atoms with Gasteiger partial charge >= 0.3 is 0 Å². The van der Waals surface area contributed by atoms with E-state index in [0.717, 1.165) is 11.1 Å². The monoisotopic (exact) mass is 578 g/mol. The van der Waals surface area contributed by atoms with Crippen molar-refractivity contribution in [1.82, 2.24) is 0 Å². The Morgan fingerprint density at radius 3 is 1.92 bits per heavy atom. The van der Waals surface area contributed by atoms with Crippen LogP contribution in [0.4, 0.5) is 0 Å². The molecule has 0 amide bonds. The molecule has 1 heterocycles. The normalized spacial score (nSPS) is 22.9. The molecule has 5 atom stereocenters. The first kappa shape index (κ1) is 34.4. The molecule has 1 aliphatic heterocycles. The van der Waals surface area contributed by atoms with E-state index >= 15 is 0 Å². The predicted octanol–water partition coefficient (Wildman–Crippen LogP) is 8.42. The van der Waals surface area contributed by atoms with Crippen LogP contribution in [0.25, 0.3) is 0 Å². The summed E-state index contributed by atoms with van der Waals surface area (Å²) < 4.78 is 26.9. The fourth-order valence-corrected chi connectivity index (χ4v) is 12.3. The van der Waals surface area contributed by atoms with E-state index in [1.54, 1.807) is 0 Å². The molecule has 1 aromatic rings. The summed E-state index contributed by atoms with van der Waals surface area (Å²) in [5.41, 5.74) is 3.49. The molecule has 0 aromatic heterocycles. The topological polar surface area (TPSA) is 57.2 Å². The van der Waals surface area contributed by atoms with Crippen LogP contribution in [-0.2, 0) is 18.3 Å². The average molecular weight is 579 g/mol. The third-order valence-electron chi connectivity index (χ3n) is 9.19. The first-order valence-corrected chi connectivity index (χ1v) is 20.0. The lowest BCUT2D eigenvalue weighted by Gasteiger charge is -2.45. The van der Waals surface area contributed by atoms with Crippen LogP contribution < -0.4 is 0 Å². The Morgan fingerprint density at radius 2 is 1.44 bits per heavy atom. The van der Waals surface area contributed by atoms with Gasteiger partial charge in [-0.15, -0.1) is 0 Å². The smallest absolute Gasteiger partial charge is 0.200 e. The Labute approximate surface area is 241 Å². The number of ether oxygens (including phenoxy) is 2. The molecule has 0 radical (unpaired) electrons. The van der Waals surface area contributed by atoms with Crippen LogP contribution in [0.5, 0.6) is 0 Å².